The number of nitrogens with two attached hydrogens (primary N) is 1. The van der Waals surface area contributed by atoms with E-state index in [4.69, 9.17) is 10.7 Å². The van der Waals surface area contributed by atoms with E-state index in [1.807, 2.05) is 48.7 Å². The molecule has 0 saturated heterocycles. The first-order valence-corrected chi connectivity index (χ1v) is 10.4. The molecule has 0 bridgehead atoms. The lowest BCUT2D eigenvalue weighted by Gasteiger charge is -2.09. The van der Waals surface area contributed by atoms with Gasteiger partial charge in [0.15, 0.2) is 5.82 Å². The molecule has 0 radical (unpaired) electrons. The maximum atomic E-state index is 6.35. The SMILES string of the molecule is Nc1nc(-c2ccnc(Nc3ncn(-c4ccccc4)n3)c2)nc2cncc(C3CC3)c12. The van der Waals surface area contributed by atoms with Gasteiger partial charge in [0.2, 0.25) is 5.95 Å². The molecule has 0 spiro atoms. The summed E-state index contributed by atoms with van der Waals surface area (Å²) in [6, 6.07) is 13.5. The van der Waals surface area contributed by atoms with Crippen molar-refractivity contribution in [2.75, 3.05) is 11.1 Å². The monoisotopic (exact) mass is 421 g/mol. The van der Waals surface area contributed by atoms with Crippen molar-refractivity contribution in [1.82, 2.24) is 34.7 Å². The molecule has 156 valence electrons. The van der Waals surface area contributed by atoms with E-state index in [-0.39, 0.29) is 0 Å². The van der Waals surface area contributed by atoms with Crippen molar-refractivity contribution in [3.8, 4) is 17.1 Å². The van der Waals surface area contributed by atoms with Crippen LogP contribution in [0.25, 0.3) is 28.0 Å². The van der Waals surface area contributed by atoms with Gasteiger partial charge in [0, 0.05) is 23.3 Å². The molecule has 9 nitrogen and oxygen atoms in total. The first-order valence-electron chi connectivity index (χ1n) is 10.4. The minimum atomic E-state index is 0.440. The van der Waals surface area contributed by atoms with Gasteiger partial charge < -0.3 is 11.1 Å². The molecule has 1 fully saturated rings. The fourth-order valence-corrected chi connectivity index (χ4v) is 3.75. The van der Waals surface area contributed by atoms with Crippen molar-refractivity contribution >= 4 is 28.5 Å². The molecule has 3 N–H and O–H groups in total. The highest BCUT2D eigenvalue weighted by molar-refractivity contribution is 5.92. The molecular weight excluding hydrogens is 402 g/mol. The first kappa shape index (κ1) is 18.4. The van der Waals surface area contributed by atoms with E-state index in [1.165, 1.54) is 0 Å². The predicted octanol–water partition coefficient (Wildman–Crippen LogP) is 3.87. The fourth-order valence-electron chi connectivity index (χ4n) is 3.75. The number of nitrogens with zero attached hydrogens (tertiary/aromatic N) is 7. The first-order chi connectivity index (χ1) is 15.7. The van der Waals surface area contributed by atoms with Crippen molar-refractivity contribution in [1.29, 1.82) is 0 Å². The molecular formula is C23H19N9. The number of nitrogens with one attached hydrogen (secondary N) is 1. The maximum absolute atomic E-state index is 6.35. The molecule has 0 aliphatic heterocycles. The number of anilines is 3. The van der Waals surface area contributed by atoms with Crippen LogP contribution in [-0.4, -0.2) is 34.7 Å². The number of rotatable bonds is 5. The van der Waals surface area contributed by atoms with Crippen molar-refractivity contribution < 1.29 is 0 Å². The molecule has 0 unspecified atom stereocenters. The summed E-state index contributed by atoms with van der Waals surface area (Å²) < 4.78 is 1.70. The normalized spacial score (nSPS) is 13.4. The van der Waals surface area contributed by atoms with Crippen LogP contribution < -0.4 is 11.1 Å². The lowest BCUT2D eigenvalue weighted by Crippen LogP contribution is -2.02. The van der Waals surface area contributed by atoms with Crippen molar-refractivity contribution in [3.63, 3.8) is 0 Å². The summed E-state index contributed by atoms with van der Waals surface area (Å²) in [5.74, 6) is 2.54. The Labute approximate surface area is 183 Å². The number of fused-ring (bicyclic) bond motifs is 1. The summed E-state index contributed by atoms with van der Waals surface area (Å²) >= 11 is 0. The van der Waals surface area contributed by atoms with E-state index in [0.29, 0.717) is 29.3 Å². The summed E-state index contributed by atoms with van der Waals surface area (Å²) in [7, 11) is 0. The quantitative estimate of drug-likeness (QED) is 0.439. The molecule has 32 heavy (non-hydrogen) atoms. The van der Waals surface area contributed by atoms with Crippen LogP contribution in [0.4, 0.5) is 17.6 Å². The Morgan fingerprint density at radius 1 is 1.00 bits per heavy atom. The lowest BCUT2D eigenvalue weighted by atomic mass is 10.1. The topological polar surface area (TPSA) is 120 Å². The Bertz CT molecular complexity index is 1420. The molecule has 5 aromatic rings. The summed E-state index contributed by atoms with van der Waals surface area (Å²) in [4.78, 5) is 22.4. The highest BCUT2D eigenvalue weighted by atomic mass is 15.4. The van der Waals surface area contributed by atoms with Gasteiger partial charge in [-0.05, 0) is 48.6 Å². The van der Waals surface area contributed by atoms with Crippen LogP contribution in [0.15, 0.2) is 67.4 Å². The van der Waals surface area contributed by atoms with E-state index >= 15 is 0 Å². The molecule has 0 amide bonds. The Hall–Kier alpha value is -4.40. The molecule has 6 rings (SSSR count). The third-order valence-electron chi connectivity index (χ3n) is 5.45. The predicted molar refractivity (Wildman–Crippen MR) is 122 cm³/mol. The zero-order valence-electron chi connectivity index (χ0n) is 17.1. The molecule has 1 aromatic carbocycles. The number of pyridine rings is 2. The minimum absolute atomic E-state index is 0.440. The summed E-state index contributed by atoms with van der Waals surface area (Å²) in [5, 5.41) is 8.51. The van der Waals surface area contributed by atoms with Crippen LogP contribution in [0.5, 0.6) is 0 Å². The van der Waals surface area contributed by atoms with E-state index < -0.39 is 0 Å². The molecule has 4 heterocycles. The molecule has 1 saturated carbocycles. The second kappa shape index (κ2) is 7.38. The van der Waals surface area contributed by atoms with E-state index in [2.05, 4.69) is 30.4 Å². The lowest BCUT2D eigenvalue weighted by molar-refractivity contribution is 0.882. The molecule has 4 aromatic heterocycles. The van der Waals surface area contributed by atoms with Crippen LogP contribution in [0.3, 0.4) is 0 Å². The Balaban J connectivity index is 1.31. The molecule has 0 atom stereocenters. The standard InChI is InChI=1S/C23H19N9/c24-21-20-17(14-6-7-14)11-25-12-18(20)28-22(30-21)15-8-9-26-19(10-15)29-23-27-13-32(31-23)16-4-2-1-3-5-16/h1-5,8-14H,6-7H2,(H2,24,28,30)(H,26,29,31). The van der Waals surface area contributed by atoms with Gasteiger partial charge in [-0.15, -0.1) is 5.10 Å². The van der Waals surface area contributed by atoms with Gasteiger partial charge in [-0.2, -0.15) is 4.98 Å². The zero-order valence-corrected chi connectivity index (χ0v) is 17.1. The van der Waals surface area contributed by atoms with Gasteiger partial charge in [-0.1, -0.05) is 18.2 Å². The zero-order chi connectivity index (χ0) is 21.5. The van der Waals surface area contributed by atoms with E-state index in [0.717, 1.165) is 40.6 Å². The van der Waals surface area contributed by atoms with Gasteiger partial charge in [0.05, 0.1) is 17.4 Å². The highest BCUT2D eigenvalue weighted by Gasteiger charge is 2.27. The molecule has 9 heteroatoms. The average Bonchev–Trinajstić information content (AvgIpc) is 3.58. The summed E-state index contributed by atoms with van der Waals surface area (Å²) in [6.45, 7) is 0. The van der Waals surface area contributed by atoms with Crippen LogP contribution in [-0.2, 0) is 0 Å². The summed E-state index contributed by atoms with van der Waals surface area (Å²) in [5.41, 5.74) is 9.96. The number of hydrogen-bond donors (Lipinski definition) is 2. The van der Waals surface area contributed by atoms with E-state index in [1.54, 1.807) is 23.4 Å². The smallest absolute Gasteiger partial charge is 0.248 e. The van der Waals surface area contributed by atoms with Crippen molar-refractivity contribution in [2.24, 2.45) is 0 Å². The van der Waals surface area contributed by atoms with Gasteiger partial charge in [-0.25, -0.2) is 19.6 Å². The third-order valence-corrected chi connectivity index (χ3v) is 5.45. The summed E-state index contributed by atoms with van der Waals surface area (Å²) in [6.07, 6.45) is 9.29. The fraction of sp³-hybridized carbons (Fsp3) is 0.130. The van der Waals surface area contributed by atoms with Crippen molar-refractivity contribution in [2.45, 2.75) is 18.8 Å². The third kappa shape index (κ3) is 3.39. The number of para-hydroxylation sites is 1. The highest BCUT2D eigenvalue weighted by Crippen LogP contribution is 2.43. The number of nitrogen functional groups attached to an aromatic ring is 1. The second-order valence-corrected chi connectivity index (χ2v) is 7.73. The van der Waals surface area contributed by atoms with Gasteiger partial charge in [-0.3, -0.25) is 4.98 Å². The van der Waals surface area contributed by atoms with Crippen LogP contribution in [0, 0.1) is 0 Å². The van der Waals surface area contributed by atoms with Crippen LogP contribution in [0.2, 0.25) is 0 Å². The average molecular weight is 421 g/mol. The van der Waals surface area contributed by atoms with E-state index in [9.17, 15) is 0 Å². The Kier molecular flexibility index (Phi) is 4.24. The molecule has 1 aliphatic carbocycles. The number of benzene rings is 1. The Morgan fingerprint density at radius 2 is 1.88 bits per heavy atom. The Morgan fingerprint density at radius 3 is 2.72 bits per heavy atom. The second-order valence-electron chi connectivity index (χ2n) is 7.73. The number of aromatic nitrogens is 7. The van der Waals surface area contributed by atoms with Gasteiger partial charge >= 0.3 is 0 Å². The van der Waals surface area contributed by atoms with Crippen LogP contribution >= 0.6 is 0 Å². The maximum Gasteiger partial charge on any atom is 0.248 e. The molecule has 1 aliphatic rings. The minimum Gasteiger partial charge on any atom is -0.383 e. The van der Waals surface area contributed by atoms with Gasteiger partial charge in [0.1, 0.15) is 18.0 Å². The van der Waals surface area contributed by atoms with Gasteiger partial charge in [0.25, 0.3) is 0 Å². The largest absolute Gasteiger partial charge is 0.383 e. The number of hydrogen-bond acceptors (Lipinski definition) is 8. The van der Waals surface area contributed by atoms with Crippen LogP contribution in [0.1, 0.15) is 24.3 Å². The van der Waals surface area contributed by atoms with Crippen molar-refractivity contribution in [3.05, 3.63) is 72.9 Å².